The van der Waals surface area contributed by atoms with Gasteiger partial charge in [-0.2, -0.15) is 0 Å². The molecule has 1 fully saturated rings. The lowest BCUT2D eigenvalue weighted by Gasteiger charge is -2.26. The molecule has 0 atom stereocenters. The van der Waals surface area contributed by atoms with Crippen molar-refractivity contribution in [1.29, 1.82) is 0 Å². The second-order valence-corrected chi connectivity index (χ2v) is 6.94. The lowest BCUT2D eigenvalue weighted by molar-refractivity contribution is 0.269. The molecule has 21 heavy (non-hydrogen) atoms. The standard InChI is InChI=1S/C18H25ClN2/c1-13-6-8-15(9-7-13)10-11-21-16-5-3-4-14(2)18(16)20-17(21)12-19/h3-5,13,15H,6-12H2,1-2H3. The summed E-state index contributed by atoms with van der Waals surface area (Å²) in [6.45, 7) is 5.56. The zero-order chi connectivity index (χ0) is 14.8. The Bertz CT molecular complexity index is 609. The molecular formula is C18H25ClN2. The van der Waals surface area contributed by atoms with Crippen LogP contribution in [0.15, 0.2) is 18.2 Å². The van der Waals surface area contributed by atoms with E-state index in [2.05, 4.69) is 36.6 Å². The number of rotatable bonds is 4. The summed E-state index contributed by atoms with van der Waals surface area (Å²) < 4.78 is 2.34. The number of fused-ring (bicyclic) bond motifs is 1. The van der Waals surface area contributed by atoms with Crippen LogP contribution in [-0.2, 0) is 12.4 Å². The number of benzene rings is 1. The molecule has 3 heteroatoms. The quantitative estimate of drug-likeness (QED) is 0.701. The highest BCUT2D eigenvalue weighted by Gasteiger charge is 2.19. The van der Waals surface area contributed by atoms with Crippen molar-refractivity contribution < 1.29 is 0 Å². The van der Waals surface area contributed by atoms with Gasteiger partial charge in [0.15, 0.2) is 0 Å². The summed E-state index contributed by atoms with van der Waals surface area (Å²) in [6, 6.07) is 6.42. The van der Waals surface area contributed by atoms with E-state index in [0.29, 0.717) is 5.88 Å². The molecule has 0 spiro atoms. The molecule has 1 aromatic carbocycles. The first-order chi connectivity index (χ1) is 10.2. The highest BCUT2D eigenvalue weighted by Crippen LogP contribution is 2.31. The number of hydrogen-bond acceptors (Lipinski definition) is 1. The first kappa shape index (κ1) is 14.9. The number of aromatic nitrogens is 2. The number of nitrogens with zero attached hydrogens (tertiary/aromatic N) is 2. The minimum absolute atomic E-state index is 0.496. The first-order valence-corrected chi connectivity index (χ1v) is 8.73. The van der Waals surface area contributed by atoms with Crippen molar-refractivity contribution in [1.82, 2.24) is 9.55 Å². The zero-order valence-corrected chi connectivity index (χ0v) is 13.9. The first-order valence-electron chi connectivity index (χ1n) is 8.19. The van der Waals surface area contributed by atoms with Gasteiger partial charge in [-0.25, -0.2) is 4.98 Å². The molecule has 1 aromatic heterocycles. The Kier molecular flexibility index (Phi) is 4.54. The minimum Gasteiger partial charge on any atom is -0.327 e. The third-order valence-corrected chi connectivity index (χ3v) is 5.31. The number of aryl methyl sites for hydroxylation is 2. The van der Waals surface area contributed by atoms with Gasteiger partial charge in [-0.05, 0) is 36.8 Å². The third-order valence-electron chi connectivity index (χ3n) is 5.08. The normalized spacial score (nSPS) is 22.8. The molecule has 1 aliphatic rings. The lowest BCUT2D eigenvalue weighted by Crippen LogP contribution is -2.15. The Labute approximate surface area is 132 Å². The van der Waals surface area contributed by atoms with Gasteiger partial charge in [-0.1, -0.05) is 44.7 Å². The van der Waals surface area contributed by atoms with Gasteiger partial charge in [0.25, 0.3) is 0 Å². The Hall–Kier alpha value is -1.02. The molecule has 0 N–H and O–H groups in total. The Balaban J connectivity index is 1.78. The monoisotopic (exact) mass is 304 g/mol. The fourth-order valence-corrected chi connectivity index (χ4v) is 3.82. The summed E-state index contributed by atoms with van der Waals surface area (Å²) in [5.74, 6) is 3.32. The van der Waals surface area contributed by atoms with E-state index in [9.17, 15) is 0 Å². The molecule has 1 saturated carbocycles. The van der Waals surface area contributed by atoms with Crippen LogP contribution in [0.4, 0.5) is 0 Å². The molecule has 114 valence electrons. The Morgan fingerprint density at radius 2 is 2.00 bits per heavy atom. The number of hydrogen-bond donors (Lipinski definition) is 0. The van der Waals surface area contributed by atoms with Crippen LogP contribution in [0.1, 0.15) is 50.4 Å². The average Bonchev–Trinajstić information content (AvgIpc) is 2.86. The van der Waals surface area contributed by atoms with Gasteiger partial charge < -0.3 is 4.57 Å². The maximum atomic E-state index is 6.11. The summed E-state index contributed by atoms with van der Waals surface area (Å²) in [7, 11) is 0. The molecule has 2 nitrogen and oxygen atoms in total. The second-order valence-electron chi connectivity index (χ2n) is 6.67. The fraction of sp³-hybridized carbons (Fsp3) is 0.611. The fourth-order valence-electron chi connectivity index (χ4n) is 3.62. The van der Waals surface area contributed by atoms with Crippen molar-refractivity contribution in [3.05, 3.63) is 29.6 Å². The minimum atomic E-state index is 0.496. The van der Waals surface area contributed by atoms with Crippen LogP contribution in [0, 0.1) is 18.8 Å². The summed E-state index contributed by atoms with van der Waals surface area (Å²) >= 11 is 6.11. The van der Waals surface area contributed by atoms with Gasteiger partial charge in [0.1, 0.15) is 5.82 Å². The molecule has 0 aliphatic heterocycles. The molecule has 0 unspecified atom stereocenters. The smallest absolute Gasteiger partial charge is 0.124 e. The summed E-state index contributed by atoms with van der Waals surface area (Å²) in [5, 5.41) is 0. The number of imidazole rings is 1. The maximum absolute atomic E-state index is 6.11. The van der Waals surface area contributed by atoms with Crippen molar-refractivity contribution in [3.63, 3.8) is 0 Å². The Morgan fingerprint density at radius 1 is 1.24 bits per heavy atom. The van der Waals surface area contributed by atoms with Gasteiger partial charge in [0.05, 0.1) is 16.9 Å². The molecule has 3 rings (SSSR count). The van der Waals surface area contributed by atoms with Crippen LogP contribution < -0.4 is 0 Å². The van der Waals surface area contributed by atoms with Crippen LogP contribution in [0.2, 0.25) is 0 Å². The van der Waals surface area contributed by atoms with Crippen LogP contribution in [-0.4, -0.2) is 9.55 Å². The number of para-hydroxylation sites is 1. The van der Waals surface area contributed by atoms with E-state index < -0.39 is 0 Å². The molecule has 1 aliphatic carbocycles. The van der Waals surface area contributed by atoms with Crippen molar-refractivity contribution >= 4 is 22.6 Å². The van der Waals surface area contributed by atoms with E-state index in [1.54, 1.807) is 0 Å². The van der Waals surface area contributed by atoms with E-state index in [1.165, 1.54) is 43.2 Å². The maximum Gasteiger partial charge on any atom is 0.124 e. The van der Waals surface area contributed by atoms with Gasteiger partial charge in [0, 0.05) is 6.54 Å². The highest BCUT2D eigenvalue weighted by atomic mass is 35.5. The summed E-state index contributed by atoms with van der Waals surface area (Å²) in [5.41, 5.74) is 3.60. The largest absolute Gasteiger partial charge is 0.327 e. The second kappa shape index (κ2) is 6.39. The van der Waals surface area contributed by atoms with Gasteiger partial charge in [-0.15, -0.1) is 11.6 Å². The molecule has 1 heterocycles. The van der Waals surface area contributed by atoms with Gasteiger partial charge >= 0.3 is 0 Å². The van der Waals surface area contributed by atoms with E-state index in [0.717, 1.165) is 29.7 Å². The highest BCUT2D eigenvalue weighted by molar-refractivity contribution is 6.16. The molecule has 0 amide bonds. The molecule has 0 saturated heterocycles. The van der Waals surface area contributed by atoms with Crippen LogP contribution in [0.3, 0.4) is 0 Å². The third kappa shape index (κ3) is 3.11. The van der Waals surface area contributed by atoms with Crippen LogP contribution in [0.5, 0.6) is 0 Å². The van der Waals surface area contributed by atoms with Crippen molar-refractivity contribution in [3.8, 4) is 0 Å². The summed E-state index contributed by atoms with van der Waals surface area (Å²) in [6.07, 6.45) is 6.84. The van der Waals surface area contributed by atoms with E-state index in [1.807, 2.05) is 0 Å². The topological polar surface area (TPSA) is 17.8 Å². The Morgan fingerprint density at radius 3 is 2.71 bits per heavy atom. The van der Waals surface area contributed by atoms with E-state index in [4.69, 9.17) is 16.6 Å². The zero-order valence-electron chi connectivity index (χ0n) is 13.1. The van der Waals surface area contributed by atoms with Crippen LogP contribution in [0.25, 0.3) is 11.0 Å². The van der Waals surface area contributed by atoms with E-state index >= 15 is 0 Å². The molecular weight excluding hydrogens is 280 g/mol. The average molecular weight is 305 g/mol. The SMILES string of the molecule is Cc1cccc2c1nc(CCl)n2CCC1CCC(C)CC1. The van der Waals surface area contributed by atoms with Gasteiger partial charge in [0.2, 0.25) is 0 Å². The van der Waals surface area contributed by atoms with Crippen LogP contribution >= 0.6 is 11.6 Å². The predicted octanol–water partition coefficient (Wildman–Crippen LogP) is 5.30. The van der Waals surface area contributed by atoms with E-state index in [-0.39, 0.29) is 0 Å². The molecule has 0 radical (unpaired) electrons. The summed E-state index contributed by atoms with van der Waals surface area (Å²) in [4.78, 5) is 4.74. The van der Waals surface area contributed by atoms with Gasteiger partial charge in [-0.3, -0.25) is 0 Å². The number of halogens is 1. The molecule has 0 bridgehead atoms. The molecule has 2 aromatic rings. The number of alkyl halides is 1. The van der Waals surface area contributed by atoms with Crippen molar-refractivity contribution in [2.75, 3.05) is 0 Å². The predicted molar refractivity (Wildman–Crippen MR) is 89.8 cm³/mol. The lowest BCUT2D eigenvalue weighted by atomic mass is 9.81. The van der Waals surface area contributed by atoms with Crippen molar-refractivity contribution in [2.45, 2.75) is 58.4 Å². The van der Waals surface area contributed by atoms with Crippen molar-refractivity contribution in [2.24, 2.45) is 11.8 Å².